The summed E-state index contributed by atoms with van der Waals surface area (Å²) in [5.41, 5.74) is 3.01. The van der Waals surface area contributed by atoms with Crippen LogP contribution < -0.4 is 5.32 Å². The zero-order valence-electron chi connectivity index (χ0n) is 12.4. The molecule has 0 aromatic heterocycles. The van der Waals surface area contributed by atoms with Gasteiger partial charge in [-0.15, -0.1) is 0 Å². The molecule has 0 radical (unpaired) electrons. The van der Waals surface area contributed by atoms with Crippen molar-refractivity contribution in [2.24, 2.45) is 0 Å². The summed E-state index contributed by atoms with van der Waals surface area (Å²) in [6, 6.07) is 9.48. The molecule has 0 heterocycles. The van der Waals surface area contributed by atoms with Gasteiger partial charge in [0.1, 0.15) is 0 Å². The van der Waals surface area contributed by atoms with Gasteiger partial charge in [0.25, 0.3) is 0 Å². The minimum absolute atomic E-state index is 0.233. The number of benzene rings is 1. The Morgan fingerprint density at radius 1 is 1.17 bits per heavy atom. The average Bonchev–Trinajstić information content (AvgIpc) is 2.34. The molecule has 0 aliphatic rings. The lowest BCUT2D eigenvalue weighted by Crippen LogP contribution is -2.28. The van der Waals surface area contributed by atoms with E-state index < -0.39 is 0 Å². The molecule has 18 heavy (non-hydrogen) atoms. The Morgan fingerprint density at radius 3 is 2.22 bits per heavy atom. The van der Waals surface area contributed by atoms with E-state index in [0.29, 0.717) is 6.04 Å². The molecule has 0 aliphatic carbocycles. The van der Waals surface area contributed by atoms with E-state index in [-0.39, 0.29) is 5.41 Å². The number of nitrogens with one attached hydrogen (secondary N) is 1. The molecule has 0 saturated carbocycles. The van der Waals surface area contributed by atoms with Crippen molar-refractivity contribution in [1.29, 1.82) is 0 Å². The SMILES string of the molecule is CNC(CCOC)Cc1ccc(C(C)(C)C)cc1. The van der Waals surface area contributed by atoms with Crippen molar-refractivity contribution in [2.45, 2.75) is 45.1 Å². The molecule has 0 spiro atoms. The van der Waals surface area contributed by atoms with Crippen LogP contribution in [0.15, 0.2) is 24.3 Å². The Morgan fingerprint density at radius 2 is 1.78 bits per heavy atom. The number of hydrogen-bond donors (Lipinski definition) is 1. The molecule has 1 aromatic rings. The van der Waals surface area contributed by atoms with Crippen LogP contribution in [0.4, 0.5) is 0 Å². The highest BCUT2D eigenvalue weighted by molar-refractivity contribution is 5.27. The van der Waals surface area contributed by atoms with Crippen LogP contribution in [0.2, 0.25) is 0 Å². The Bertz CT molecular complexity index is 337. The standard InChI is InChI=1S/C16H27NO/c1-16(2,3)14-8-6-13(7-9-14)12-15(17-4)10-11-18-5/h6-9,15,17H,10-12H2,1-5H3. The lowest BCUT2D eigenvalue weighted by Gasteiger charge is -2.20. The van der Waals surface area contributed by atoms with Gasteiger partial charge in [-0.3, -0.25) is 0 Å². The van der Waals surface area contributed by atoms with Crippen molar-refractivity contribution in [3.8, 4) is 0 Å². The van der Waals surface area contributed by atoms with Crippen molar-refractivity contribution in [3.63, 3.8) is 0 Å². The van der Waals surface area contributed by atoms with Gasteiger partial charge < -0.3 is 10.1 Å². The van der Waals surface area contributed by atoms with Gasteiger partial charge in [0.05, 0.1) is 0 Å². The van der Waals surface area contributed by atoms with Crippen LogP contribution in [-0.4, -0.2) is 26.8 Å². The van der Waals surface area contributed by atoms with Crippen LogP contribution in [0.1, 0.15) is 38.3 Å². The fourth-order valence-corrected chi connectivity index (χ4v) is 2.03. The van der Waals surface area contributed by atoms with Crippen molar-refractivity contribution < 1.29 is 4.74 Å². The van der Waals surface area contributed by atoms with Crippen LogP contribution >= 0.6 is 0 Å². The topological polar surface area (TPSA) is 21.3 Å². The molecule has 2 heteroatoms. The van der Waals surface area contributed by atoms with Crippen LogP contribution in [0.5, 0.6) is 0 Å². The van der Waals surface area contributed by atoms with Gasteiger partial charge in [-0.05, 0) is 36.4 Å². The molecule has 0 bridgehead atoms. The molecular weight excluding hydrogens is 222 g/mol. The molecule has 1 unspecified atom stereocenters. The lowest BCUT2D eigenvalue weighted by molar-refractivity contribution is 0.184. The number of likely N-dealkylation sites (N-methyl/N-ethyl adjacent to an activating group) is 1. The van der Waals surface area contributed by atoms with Gasteiger partial charge in [-0.1, -0.05) is 45.0 Å². The van der Waals surface area contributed by atoms with Gasteiger partial charge in [0, 0.05) is 19.8 Å². The van der Waals surface area contributed by atoms with E-state index in [9.17, 15) is 0 Å². The van der Waals surface area contributed by atoms with Crippen molar-refractivity contribution in [2.75, 3.05) is 20.8 Å². The zero-order valence-corrected chi connectivity index (χ0v) is 12.4. The second kappa shape index (κ2) is 6.91. The van der Waals surface area contributed by atoms with Crippen molar-refractivity contribution in [1.82, 2.24) is 5.32 Å². The van der Waals surface area contributed by atoms with Crippen LogP contribution in [0.25, 0.3) is 0 Å². The van der Waals surface area contributed by atoms with Crippen LogP contribution in [-0.2, 0) is 16.6 Å². The molecular formula is C16H27NO. The molecule has 0 amide bonds. The largest absolute Gasteiger partial charge is 0.385 e. The Kier molecular flexibility index (Phi) is 5.83. The minimum Gasteiger partial charge on any atom is -0.385 e. The fourth-order valence-electron chi connectivity index (χ4n) is 2.03. The molecule has 2 nitrogen and oxygen atoms in total. The van der Waals surface area contributed by atoms with Crippen molar-refractivity contribution >= 4 is 0 Å². The first-order chi connectivity index (χ1) is 8.47. The second-order valence-electron chi connectivity index (χ2n) is 5.92. The summed E-state index contributed by atoms with van der Waals surface area (Å²) in [4.78, 5) is 0. The van der Waals surface area contributed by atoms with Gasteiger partial charge in [0.15, 0.2) is 0 Å². The zero-order chi connectivity index (χ0) is 13.6. The van der Waals surface area contributed by atoms with Gasteiger partial charge in [-0.25, -0.2) is 0 Å². The van der Waals surface area contributed by atoms with E-state index in [0.717, 1.165) is 19.4 Å². The highest BCUT2D eigenvalue weighted by Gasteiger charge is 2.13. The maximum Gasteiger partial charge on any atom is 0.0477 e. The highest BCUT2D eigenvalue weighted by atomic mass is 16.5. The Hall–Kier alpha value is -0.860. The predicted octanol–water partition coefficient (Wildman–Crippen LogP) is 3.15. The lowest BCUT2D eigenvalue weighted by atomic mass is 9.86. The monoisotopic (exact) mass is 249 g/mol. The third-order valence-electron chi connectivity index (χ3n) is 3.38. The maximum absolute atomic E-state index is 5.14. The summed E-state index contributed by atoms with van der Waals surface area (Å²) in [6.07, 6.45) is 2.11. The smallest absolute Gasteiger partial charge is 0.0477 e. The summed E-state index contributed by atoms with van der Waals surface area (Å²) in [7, 11) is 3.77. The predicted molar refractivity (Wildman–Crippen MR) is 78.2 cm³/mol. The number of hydrogen-bond acceptors (Lipinski definition) is 2. The van der Waals surface area contributed by atoms with Crippen LogP contribution in [0, 0.1) is 0 Å². The molecule has 102 valence electrons. The quantitative estimate of drug-likeness (QED) is 0.836. The van der Waals surface area contributed by atoms with E-state index in [4.69, 9.17) is 4.74 Å². The second-order valence-corrected chi connectivity index (χ2v) is 5.92. The minimum atomic E-state index is 0.233. The third-order valence-corrected chi connectivity index (χ3v) is 3.38. The van der Waals surface area contributed by atoms with E-state index >= 15 is 0 Å². The molecule has 1 N–H and O–H groups in total. The Balaban J connectivity index is 2.62. The Labute approximate surface area is 112 Å². The van der Waals surface area contributed by atoms with Crippen molar-refractivity contribution in [3.05, 3.63) is 35.4 Å². The van der Waals surface area contributed by atoms with Gasteiger partial charge >= 0.3 is 0 Å². The van der Waals surface area contributed by atoms with E-state index in [1.165, 1.54) is 11.1 Å². The van der Waals surface area contributed by atoms with E-state index in [2.05, 4.69) is 50.4 Å². The van der Waals surface area contributed by atoms with E-state index in [1.807, 2.05) is 7.05 Å². The third kappa shape index (κ3) is 4.79. The number of methoxy groups -OCH3 is 1. The molecule has 0 aliphatic heterocycles. The summed E-state index contributed by atoms with van der Waals surface area (Å²) < 4.78 is 5.14. The highest BCUT2D eigenvalue weighted by Crippen LogP contribution is 2.22. The molecule has 0 saturated heterocycles. The summed E-state index contributed by atoms with van der Waals surface area (Å²) in [5.74, 6) is 0. The summed E-state index contributed by atoms with van der Waals surface area (Å²) in [6.45, 7) is 7.55. The number of rotatable bonds is 6. The van der Waals surface area contributed by atoms with Gasteiger partial charge in [-0.2, -0.15) is 0 Å². The first-order valence-electron chi connectivity index (χ1n) is 6.73. The molecule has 1 aromatic carbocycles. The van der Waals surface area contributed by atoms with Crippen LogP contribution in [0.3, 0.4) is 0 Å². The maximum atomic E-state index is 5.14. The summed E-state index contributed by atoms with van der Waals surface area (Å²) in [5, 5.41) is 3.35. The summed E-state index contributed by atoms with van der Waals surface area (Å²) >= 11 is 0. The fraction of sp³-hybridized carbons (Fsp3) is 0.625. The molecule has 1 rings (SSSR count). The number of ether oxygens (including phenoxy) is 1. The molecule has 0 fully saturated rings. The average molecular weight is 249 g/mol. The molecule has 1 atom stereocenters. The van der Waals surface area contributed by atoms with E-state index in [1.54, 1.807) is 7.11 Å². The first kappa shape index (κ1) is 15.2. The first-order valence-corrected chi connectivity index (χ1v) is 6.73. The van der Waals surface area contributed by atoms with Gasteiger partial charge in [0.2, 0.25) is 0 Å². The normalized spacial score (nSPS) is 13.6.